The van der Waals surface area contributed by atoms with Crippen LogP contribution in [0.5, 0.6) is 11.5 Å². The molecule has 0 aliphatic carbocycles. The highest BCUT2D eigenvalue weighted by molar-refractivity contribution is 6.07. The molecule has 0 bridgehead atoms. The van der Waals surface area contributed by atoms with Gasteiger partial charge in [-0.05, 0) is 37.5 Å². The van der Waals surface area contributed by atoms with Crippen LogP contribution in [0.15, 0.2) is 18.2 Å². The van der Waals surface area contributed by atoms with Crippen molar-refractivity contribution in [3.05, 3.63) is 23.8 Å². The summed E-state index contributed by atoms with van der Waals surface area (Å²) >= 11 is 0. The van der Waals surface area contributed by atoms with Crippen molar-refractivity contribution in [3.63, 3.8) is 0 Å². The van der Waals surface area contributed by atoms with E-state index in [1.807, 2.05) is 0 Å². The Kier molecular flexibility index (Phi) is 3.19. The average Bonchev–Trinajstić information content (AvgIpc) is 3.25. The maximum Gasteiger partial charge on any atom is 0.325 e. The van der Waals surface area contributed by atoms with Crippen molar-refractivity contribution in [2.45, 2.75) is 31.4 Å². The number of nitrogens with one attached hydrogen (secondary N) is 1. The molecule has 2 saturated heterocycles. The molecule has 23 heavy (non-hydrogen) atoms. The summed E-state index contributed by atoms with van der Waals surface area (Å²) in [6.07, 6.45) is 1.77. The minimum Gasteiger partial charge on any atom is -0.454 e. The van der Waals surface area contributed by atoms with E-state index in [-0.39, 0.29) is 24.8 Å². The molecule has 2 fully saturated rings. The highest BCUT2D eigenvalue weighted by Crippen LogP contribution is 2.38. The van der Waals surface area contributed by atoms with Crippen LogP contribution in [0.3, 0.4) is 0 Å². The average molecular weight is 318 g/mol. The van der Waals surface area contributed by atoms with Gasteiger partial charge in [-0.3, -0.25) is 9.69 Å². The third-order valence-corrected chi connectivity index (χ3v) is 4.64. The lowest BCUT2D eigenvalue weighted by Crippen LogP contribution is -2.42. The number of rotatable bonds is 3. The number of benzene rings is 1. The normalized spacial score (nSPS) is 29.3. The number of nitrogens with zero attached hydrogens (tertiary/aromatic N) is 1. The smallest absolute Gasteiger partial charge is 0.325 e. The molecule has 0 saturated carbocycles. The number of carbonyl (C=O) groups is 2. The van der Waals surface area contributed by atoms with Crippen molar-refractivity contribution >= 4 is 11.9 Å². The van der Waals surface area contributed by atoms with E-state index in [0.29, 0.717) is 30.2 Å². The fourth-order valence-corrected chi connectivity index (χ4v) is 3.26. The van der Waals surface area contributed by atoms with Gasteiger partial charge in [-0.2, -0.15) is 0 Å². The molecule has 3 aliphatic heterocycles. The zero-order valence-electron chi connectivity index (χ0n) is 12.8. The minimum absolute atomic E-state index is 0.0659. The van der Waals surface area contributed by atoms with Gasteiger partial charge in [-0.1, -0.05) is 6.07 Å². The summed E-state index contributed by atoms with van der Waals surface area (Å²) in [5.74, 6) is 0.963. The number of fused-ring (bicyclic) bond motifs is 1. The SMILES string of the molecule is C[C@@]1(c2ccc3c(c2)OCO3)NC(=O)N(C[C@H]2CCCO2)C1=O. The van der Waals surface area contributed by atoms with Crippen LogP contribution in [0.2, 0.25) is 0 Å². The van der Waals surface area contributed by atoms with Gasteiger partial charge in [0, 0.05) is 6.61 Å². The summed E-state index contributed by atoms with van der Waals surface area (Å²) in [5.41, 5.74) is -0.425. The number of hydrogen-bond acceptors (Lipinski definition) is 5. The van der Waals surface area contributed by atoms with Gasteiger partial charge < -0.3 is 19.5 Å². The van der Waals surface area contributed by atoms with Crippen LogP contribution in [-0.2, 0) is 15.1 Å². The Labute approximate surface area is 133 Å². The Balaban J connectivity index is 1.60. The number of urea groups is 1. The second-order valence-corrected chi connectivity index (χ2v) is 6.17. The largest absolute Gasteiger partial charge is 0.454 e. The molecule has 7 nitrogen and oxygen atoms in total. The van der Waals surface area contributed by atoms with Crippen molar-refractivity contribution < 1.29 is 23.8 Å². The lowest BCUT2D eigenvalue weighted by atomic mass is 9.91. The van der Waals surface area contributed by atoms with Gasteiger partial charge in [0.2, 0.25) is 6.79 Å². The molecular formula is C16H18N2O5. The van der Waals surface area contributed by atoms with E-state index in [1.54, 1.807) is 25.1 Å². The molecular weight excluding hydrogens is 300 g/mol. The van der Waals surface area contributed by atoms with E-state index in [2.05, 4.69) is 5.32 Å². The van der Waals surface area contributed by atoms with Gasteiger partial charge in [-0.25, -0.2) is 4.79 Å². The summed E-state index contributed by atoms with van der Waals surface area (Å²) in [4.78, 5) is 26.4. The third-order valence-electron chi connectivity index (χ3n) is 4.64. The quantitative estimate of drug-likeness (QED) is 0.852. The van der Waals surface area contributed by atoms with Crippen LogP contribution in [0.4, 0.5) is 4.79 Å². The predicted octanol–water partition coefficient (Wildman–Crippen LogP) is 1.36. The Hall–Kier alpha value is -2.28. The summed E-state index contributed by atoms with van der Waals surface area (Å²) < 4.78 is 16.2. The maximum atomic E-state index is 12.8. The number of carbonyl (C=O) groups excluding carboxylic acids is 2. The lowest BCUT2D eigenvalue weighted by Gasteiger charge is -2.23. The first-order valence-corrected chi connectivity index (χ1v) is 7.74. The number of imide groups is 1. The molecule has 4 rings (SSSR count). The van der Waals surface area contributed by atoms with E-state index >= 15 is 0 Å². The third kappa shape index (κ3) is 2.23. The van der Waals surface area contributed by atoms with Gasteiger partial charge in [-0.15, -0.1) is 0 Å². The topological polar surface area (TPSA) is 77.1 Å². The van der Waals surface area contributed by atoms with Crippen molar-refractivity contribution in [2.75, 3.05) is 19.9 Å². The van der Waals surface area contributed by atoms with Crippen molar-refractivity contribution in [1.82, 2.24) is 10.2 Å². The molecule has 3 heterocycles. The zero-order chi connectivity index (χ0) is 16.0. The molecule has 2 atom stereocenters. The Morgan fingerprint density at radius 3 is 2.91 bits per heavy atom. The first-order valence-electron chi connectivity index (χ1n) is 7.74. The van der Waals surface area contributed by atoms with Crippen LogP contribution < -0.4 is 14.8 Å². The molecule has 7 heteroatoms. The highest BCUT2D eigenvalue weighted by atomic mass is 16.7. The number of amides is 3. The van der Waals surface area contributed by atoms with E-state index in [1.165, 1.54) is 4.90 Å². The number of hydrogen-bond donors (Lipinski definition) is 1. The molecule has 0 aromatic heterocycles. The zero-order valence-corrected chi connectivity index (χ0v) is 12.8. The molecule has 1 N–H and O–H groups in total. The van der Waals surface area contributed by atoms with Crippen LogP contribution in [0.1, 0.15) is 25.3 Å². The Morgan fingerprint density at radius 2 is 2.13 bits per heavy atom. The molecule has 0 unspecified atom stereocenters. The summed E-state index contributed by atoms with van der Waals surface area (Å²) in [6.45, 7) is 2.86. The van der Waals surface area contributed by atoms with Crippen LogP contribution in [0, 0.1) is 0 Å². The first kappa shape index (κ1) is 14.3. The predicted molar refractivity (Wildman–Crippen MR) is 79.1 cm³/mol. The van der Waals surface area contributed by atoms with Gasteiger partial charge in [0.25, 0.3) is 5.91 Å². The monoisotopic (exact) mass is 318 g/mol. The van der Waals surface area contributed by atoms with Crippen LogP contribution in [0.25, 0.3) is 0 Å². The van der Waals surface area contributed by atoms with E-state index < -0.39 is 5.54 Å². The van der Waals surface area contributed by atoms with E-state index in [9.17, 15) is 9.59 Å². The number of ether oxygens (including phenoxy) is 3. The highest BCUT2D eigenvalue weighted by Gasteiger charge is 2.50. The molecule has 0 radical (unpaired) electrons. The van der Waals surface area contributed by atoms with E-state index in [4.69, 9.17) is 14.2 Å². The Morgan fingerprint density at radius 1 is 1.30 bits per heavy atom. The molecule has 0 spiro atoms. The summed E-state index contributed by atoms with van der Waals surface area (Å²) in [5, 5.41) is 2.80. The van der Waals surface area contributed by atoms with E-state index in [0.717, 1.165) is 12.8 Å². The van der Waals surface area contributed by atoms with Crippen molar-refractivity contribution in [3.8, 4) is 11.5 Å². The maximum absolute atomic E-state index is 12.8. The second-order valence-electron chi connectivity index (χ2n) is 6.17. The lowest BCUT2D eigenvalue weighted by molar-refractivity contribution is -0.132. The Bertz CT molecular complexity index is 670. The minimum atomic E-state index is -1.10. The molecule has 3 aliphatic rings. The molecule has 1 aromatic rings. The van der Waals surface area contributed by atoms with Gasteiger partial charge in [0.15, 0.2) is 11.5 Å². The van der Waals surface area contributed by atoms with Gasteiger partial charge >= 0.3 is 6.03 Å². The summed E-state index contributed by atoms with van der Waals surface area (Å²) in [6, 6.07) is 4.90. The van der Waals surface area contributed by atoms with Gasteiger partial charge in [0.1, 0.15) is 5.54 Å². The van der Waals surface area contributed by atoms with Crippen LogP contribution in [-0.4, -0.2) is 42.9 Å². The molecule has 122 valence electrons. The van der Waals surface area contributed by atoms with Crippen molar-refractivity contribution in [2.24, 2.45) is 0 Å². The molecule has 3 amide bonds. The fraction of sp³-hybridized carbons (Fsp3) is 0.500. The molecule has 1 aromatic carbocycles. The van der Waals surface area contributed by atoms with Crippen molar-refractivity contribution in [1.29, 1.82) is 0 Å². The second kappa shape index (κ2) is 5.13. The van der Waals surface area contributed by atoms with Crippen LogP contribution >= 0.6 is 0 Å². The first-order chi connectivity index (χ1) is 11.1. The summed E-state index contributed by atoms with van der Waals surface area (Å²) in [7, 11) is 0. The standard InChI is InChI=1S/C16H18N2O5/c1-16(10-4-5-12-13(7-10)23-9-22-12)14(19)18(15(20)17-16)8-11-3-2-6-21-11/h4-5,7,11H,2-3,6,8-9H2,1H3,(H,17,20)/t11-,16+/m1/s1. The van der Waals surface area contributed by atoms with Gasteiger partial charge in [0.05, 0.1) is 12.6 Å². The fourth-order valence-electron chi connectivity index (χ4n) is 3.26.